The molecule has 1 aromatic rings. The minimum atomic E-state index is -4.35. The van der Waals surface area contributed by atoms with E-state index < -0.39 is 11.7 Å². The molecule has 20 heavy (non-hydrogen) atoms. The van der Waals surface area contributed by atoms with Gasteiger partial charge in [-0.2, -0.15) is 24.9 Å². The zero-order valence-electron chi connectivity index (χ0n) is 11.4. The maximum atomic E-state index is 13.1. The first-order chi connectivity index (χ1) is 9.45. The fraction of sp³-hybridized carbons (Fsp3) is 0.615. The van der Waals surface area contributed by atoms with Crippen LogP contribution in [0.25, 0.3) is 0 Å². The number of nitrogens with zero attached hydrogens (tertiary/aromatic N) is 2. The fourth-order valence-corrected chi connectivity index (χ4v) is 3.80. The molecule has 0 aromatic carbocycles. The van der Waals surface area contributed by atoms with Crippen molar-refractivity contribution < 1.29 is 13.2 Å². The van der Waals surface area contributed by atoms with Gasteiger partial charge in [0.2, 0.25) is 0 Å². The fourth-order valence-electron chi connectivity index (χ4n) is 2.52. The highest BCUT2D eigenvalue weighted by atomic mass is 32.2. The Kier molecular flexibility index (Phi) is 4.93. The van der Waals surface area contributed by atoms with E-state index in [0.717, 1.165) is 24.1 Å². The molecule has 0 saturated carbocycles. The van der Waals surface area contributed by atoms with Gasteiger partial charge in [-0.15, -0.1) is 0 Å². The van der Waals surface area contributed by atoms with Gasteiger partial charge in [-0.1, -0.05) is 0 Å². The molecule has 1 N–H and O–H groups in total. The maximum Gasteiger partial charge on any atom is 0.416 e. The average molecular weight is 305 g/mol. The molecule has 1 aliphatic heterocycles. The van der Waals surface area contributed by atoms with Crippen LogP contribution in [0, 0.1) is 0 Å². The van der Waals surface area contributed by atoms with Crippen molar-refractivity contribution in [1.29, 1.82) is 0 Å². The normalized spacial score (nSPS) is 22.8. The molecule has 1 aromatic heterocycles. The summed E-state index contributed by atoms with van der Waals surface area (Å²) >= 11 is 1.78. The Morgan fingerprint density at radius 2 is 2.25 bits per heavy atom. The van der Waals surface area contributed by atoms with Crippen molar-refractivity contribution in [2.24, 2.45) is 0 Å². The SMILES string of the molecule is CNC(c1cnccc1C(F)(F)F)C1CSCCN1C. The number of nitrogens with one attached hydrogen (secondary N) is 1. The van der Waals surface area contributed by atoms with Crippen LogP contribution in [0.1, 0.15) is 17.2 Å². The number of alkyl halides is 3. The number of hydrogen-bond acceptors (Lipinski definition) is 4. The van der Waals surface area contributed by atoms with Gasteiger partial charge in [0.1, 0.15) is 0 Å². The minimum Gasteiger partial charge on any atom is -0.312 e. The van der Waals surface area contributed by atoms with E-state index in [2.05, 4.69) is 15.2 Å². The Morgan fingerprint density at radius 1 is 1.50 bits per heavy atom. The quantitative estimate of drug-likeness (QED) is 0.928. The molecule has 0 radical (unpaired) electrons. The predicted molar refractivity (Wildman–Crippen MR) is 74.8 cm³/mol. The van der Waals surface area contributed by atoms with E-state index in [-0.39, 0.29) is 17.6 Å². The number of likely N-dealkylation sites (N-methyl/N-ethyl adjacent to an activating group) is 2. The molecule has 0 spiro atoms. The van der Waals surface area contributed by atoms with Gasteiger partial charge >= 0.3 is 6.18 Å². The van der Waals surface area contributed by atoms with Crippen LogP contribution >= 0.6 is 11.8 Å². The summed E-state index contributed by atoms with van der Waals surface area (Å²) < 4.78 is 39.4. The van der Waals surface area contributed by atoms with Crippen LogP contribution < -0.4 is 5.32 Å². The van der Waals surface area contributed by atoms with Gasteiger partial charge in [0, 0.05) is 42.0 Å². The first kappa shape index (κ1) is 15.6. The molecule has 1 fully saturated rings. The minimum absolute atomic E-state index is 0.0315. The molecule has 112 valence electrons. The number of thioether (sulfide) groups is 1. The monoisotopic (exact) mass is 305 g/mol. The lowest BCUT2D eigenvalue weighted by atomic mass is 9.96. The second-order valence-electron chi connectivity index (χ2n) is 4.85. The summed E-state index contributed by atoms with van der Waals surface area (Å²) in [6.45, 7) is 0.884. The summed E-state index contributed by atoms with van der Waals surface area (Å²) in [6.07, 6.45) is -1.83. The Balaban J connectivity index is 2.37. The lowest BCUT2D eigenvalue weighted by Gasteiger charge is -2.38. The average Bonchev–Trinajstić information content (AvgIpc) is 2.41. The molecule has 2 unspecified atom stereocenters. The second-order valence-corrected chi connectivity index (χ2v) is 6.00. The molecule has 0 amide bonds. The molecule has 2 rings (SSSR count). The smallest absolute Gasteiger partial charge is 0.312 e. The van der Waals surface area contributed by atoms with Gasteiger partial charge in [-0.3, -0.25) is 9.88 Å². The van der Waals surface area contributed by atoms with Crippen molar-refractivity contribution in [3.63, 3.8) is 0 Å². The van der Waals surface area contributed by atoms with Crippen molar-refractivity contribution in [1.82, 2.24) is 15.2 Å². The highest BCUT2D eigenvalue weighted by Crippen LogP contribution is 2.36. The third-order valence-electron chi connectivity index (χ3n) is 3.63. The van der Waals surface area contributed by atoms with E-state index in [9.17, 15) is 13.2 Å². The Bertz CT molecular complexity index is 453. The standard InChI is InChI=1S/C13H18F3N3S/c1-17-12(11-8-20-6-5-19(11)2)9-7-18-4-3-10(9)13(14,15)16/h3-4,7,11-12,17H,5-6,8H2,1-2H3. The Labute approximate surface area is 120 Å². The number of rotatable bonds is 3. The summed E-state index contributed by atoms with van der Waals surface area (Å²) in [4.78, 5) is 6.00. The summed E-state index contributed by atoms with van der Waals surface area (Å²) in [5.74, 6) is 1.83. The Hall–Kier alpha value is -0.790. The van der Waals surface area contributed by atoms with Crippen LogP contribution in [0.3, 0.4) is 0 Å². The molecule has 1 aliphatic rings. The van der Waals surface area contributed by atoms with Crippen molar-refractivity contribution in [3.05, 3.63) is 29.6 Å². The molecule has 7 heteroatoms. The lowest BCUT2D eigenvalue weighted by molar-refractivity contribution is -0.138. The van der Waals surface area contributed by atoms with Crippen molar-refractivity contribution in [2.75, 3.05) is 32.1 Å². The van der Waals surface area contributed by atoms with E-state index in [0.29, 0.717) is 0 Å². The summed E-state index contributed by atoms with van der Waals surface area (Å²) in [5.41, 5.74) is -0.377. The largest absolute Gasteiger partial charge is 0.416 e. The van der Waals surface area contributed by atoms with Gasteiger partial charge in [-0.25, -0.2) is 0 Å². The molecular weight excluding hydrogens is 287 g/mol. The van der Waals surface area contributed by atoms with Crippen LogP contribution in [0.4, 0.5) is 13.2 Å². The molecular formula is C13H18F3N3S. The molecule has 1 saturated heterocycles. The molecule has 3 nitrogen and oxygen atoms in total. The Morgan fingerprint density at radius 3 is 2.85 bits per heavy atom. The topological polar surface area (TPSA) is 28.2 Å². The van der Waals surface area contributed by atoms with E-state index in [1.165, 1.54) is 12.4 Å². The van der Waals surface area contributed by atoms with E-state index in [4.69, 9.17) is 0 Å². The molecule has 0 bridgehead atoms. The maximum absolute atomic E-state index is 13.1. The molecule has 2 heterocycles. The van der Waals surface area contributed by atoms with E-state index in [1.807, 2.05) is 7.05 Å². The number of halogens is 3. The van der Waals surface area contributed by atoms with Gasteiger partial charge in [0.05, 0.1) is 11.6 Å². The first-order valence-electron chi connectivity index (χ1n) is 6.41. The van der Waals surface area contributed by atoms with Gasteiger partial charge in [0.15, 0.2) is 0 Å². The van der Waals surface area contributed by atoms with Crippen LogP contribution in [0.15, 0.2) is 18.5 Å². The number of pyridine rings is 1. The molecule has 2 atom stereocenters. The zero-order valence-corrected chi connectivity index (χ0v) is 12.3. The summed E-state index contributed by atoms with van der Waals surface area (Å²) in [7, 11) is 3.66. The van der Waals surface area contributed by atoms with Gasteiger partial charge < -0.3 is 5.32 Å². The summed E-state index contributed by atoms with van der Waals surface area (Å²) in [5, 5.41) is 3.04. The number of aromatic nitrogens is 1. The number of hydrogen-bond donors (Lipinski definition) is 1. The van der Waals surface area contributed by atoms with E-state index in [1.54, 1.807) is 18.8 Å². The molecule has 0 aliphatic carbocycles. The first-order valence-corrected chi connectivity index (χ1v) is 7.57. The summed E-state index contributed by atoms with van der Waals surface area (Å²) in [6, 6.07) is 0.706. The van der Waals surface area contributed by atoms with Crippen molar-refractivity contribution in [3.8, 4) is 0 Å². The highest BCUT2D eigenvalue weighted by Gasteiger charge is 2.38. The third kappa shape index (κ3) is 3.27. The predicted octanol–water partition coefficient (Wildman–Crippen LogP) is 2.41. The third-order valence-corrected chi connectivity index (χ3v) is 4.68. The van der Waals surface area contributed by atoms with Gasteiger partial charge in [-0.05, 0) is 20.2 Å². The van der Waals surface area contributed by atoms with E-state index >= 15 is 0 Å². The second kappa shape index (κ2) is 6.32. The van der Waals surface area contributed by atoms with Crippen LogP contribution in [0.5, 0.6) is 0 Å². The van der Waals surface area contributed by atoms with Crippen LogP contribution in [0.2, 0.25) is 0 Å². The lowest BCUT2D eigenvalue weighted by Crippen LogP contribution is -2.47. The van der Waals surface area contributed by atoms with Crippen molar-refractivity contribution in [2.45, 2.75) is 18.3 Å². The van der Waals surface area contributed by atoms with Gasteiger partial charge in [0.25, 0.3) is 0 Å². The van der Waals surface area contributed by atoms with Crippen LogP contribution in [-0.2, 0) is 6.18 Å². The van der Waals surface area contributed by atoms with Crippen molar-refractivity contribution >= 4 is 11.8 Å². The zero-order chi connectivity index (χ0) is 14.8. The highest BCUT2D eigenvalue weighted by molar-refractivity contribution is 7.99. The van der Waals surface area contributed by atoms with Crippen LogP contribution in [-0.4, -0.2) is 48.1 Å².